The van der Waals surface area contributed by atoms with Crippen molar-refractivity contribution in [2.75, 3.05) is 0 Å². The second kappa shape index (κ2) is 7.22. The Morgan fingerprint density at radius 3 is 2.41 bits per heavy atom. The molecule has 2 heterocycles. The minimum absolute atomic E-state index is 0.0540. The molecule has 0 atom stereocenters. The molecule has 4 rings (SSSR count). The molecule has 11 heteroatoms. The van der Waals surface area contributed by atoms with Gasteiger partial charge in [-0.15, -0.1) is 0 Å². The number of aromatic hydroxyl groups is 1. The Kier molecular flexibility index (Phi) is 4.73. The Morgan fingerprint density at radius 2 is 1.79 bits per heavy atom. The van der Waals surface area contributed by atoms with E-state index in [1.807, 2.05) is 0 Å². The lowest BCUT2D eigenvalue weighted by atomic mass is 9.92. The second-order valence-corrected chi connectivity index (χ2v) is 6.38. The van der Waals surface area contributed by atoms with Crippen LogP contribution in [-0.2, 0) is 6.18 Å². The van der Waals surface area contributed by atoms with Crippen molar-refractivity contribution in [3.8, 4) is 29.0 Å². The van der Waals surface area contributed by atoms with Crippen molar-refractivity contribution in [2.45, 2.75) is 31.2 Å². The monoisotopic (exact) mass is 411 g/mol. The summed E-state index contributed by atoms with van der Waals surface area (Å²) in [6, 6.07) is 3.83. The number of hydrogen-bond acceptors (Lipinski definition) is 7. The molecule has 0 amide bonds. The number of aromatic nitrogens is 3. The number of ether oxygens (including phenoxy) is 2. The van der Waals surface area contributed by atoms with Gasteiger partial charge in [0, 0.05) is 12.8 Å². The number of nitrogens with zero attached hydrogens (tertiary/aromatic N) is 3. The van der Waals surface area contributed by atoms with E-state index in [2.05, 4.69) is 15.1 Å². The van der Waals surface area contributed by atoms with Crippen LogP contribution in [-0.4, -0.2) is 32.4 Å². The van der Waals surface area contributed by atoms with E-state index in [0.29, 0.717) is 24.6 Å². The van der Waals surface area contributed by atoms with E-state index < -0.39 is 17.6 Å². The van der Waals surface area contributed by atoms with Crippen molar-refractivity contribution in [2.24, 2.45) is 0 Å². The van der Waals surface area contributed by atoms with Crippen LogP contribution >= 0.6 is 0 Å². The van der Waals surface area contributed by atoms with Gasteiger partial charge in [-0.2, -0.15) is 13.2 Å². The van der Waals surface area contributed by atoms with E-state index in [1.54, 1.807) is 0 Å². The van der Waals surface area contributed by atoms with Crippen LogP contribution in [0, 0.1) is 5.82 Å². The molecular weight excluding hydrogens is 398 g/mol. The maximum atomic E-state index is 13.3. The molecule has 1 aromatic carbocycles. The van der Waals surface area contributed by atoms with Crippen molar-refractivity contribution in [3.05, 3.63) is 48.0 Å². The third-order valence-electron chi connectivity index (χ3n) is 4.26. The molecular formula is C18H13F4N3O4. The van der Waals surface area contributed by atoms with Gasteiger partial charge in [-0.25, -0.2) is 14.4 Å². The molecule has 0 radical (unpaired) electrons. The van der Waals surface area contributed by atoms with E-state index in [9.17, 15) is 17.6 Å². The van der Waals surface area contributed by atoms with Gasteiger partial charge in [-0.1, -0.05) is 0 Å². The van der Waals surface area contributed by atoms with Crippen molar-refractivity contribution in [1.29, 1.82) is 0 Å². The minimum atomic E-state index is -4.79. The van der Waals surface area contributed by atoms with E-state index in [1.165, 1.54) is 18.5 Å². The number of benzene rings is 1. The molecule has 1 fully saturated rings. The third kappa shape index (κ3) is 4.23. The smallest absolute Gasteiger partial charge is 0.419 e. The maximum Gasteiger partial charge on any atom is 0.419 e. The largest absolute Gasteiger partial charge is 0.491 e. The summed E-state index contributed by atoms with van der Waals surface area (Å²) in [4.78, 5) is 8.18. The van der Waals surface area contributed by atoms with Gasteiger partial charge in [0.15, 0.2) is 5.76 Å². The molecule has 1 aliphatic rings. The number of hydrogen-bond donors (Lipinski definition) is 1. The normalized spacial score (nSPS) is 18.9. The zero-order valence-electron chi connectivity index (χ0n) is 14.6. The molecule has 1 N–H and O–H groups in total. The standard InChI is InChI=1S/C18H13F4N3O4/c19-13-2-1-9(5-12(13)18(20,21)22)27-10-3-11(4-10)28-17-8-23-14(7-24-17)15-6-16(26)25-29-15/h1-2,5-8,10-11H,3-4H2,(H,25,26). The second-order valence-electron chi connectivity index (χ2n) is 6.38. The van der Waals surface area contributed by atoms with Gasteiger partial charge in [0.05, 0.1) is 24.0 Å². The summed E-state index contributed by atoms with van der Waals surface area (Å²) >= 11 is 0. The molecule has 29 heavy (non-hydrogen) atoms. The van der Waals surface area contributed by atoms with Gasteiger partial charge in [-0.05, 0) is 23.4 Å². The topological polar surface area (TPSA) is 90.5 Å². The quantitative estimate of drug-likeness (QED) is 0.635. The summed E-state index contributed by atoms with van der Waals surface area (Å²) in [5.41, 5.74) is -1.01. The first-order valence-corrected chi connectivity index (χ1v) is 8.46. The lowest BCUT2D eigenvalue weighted by Gasteiger charge is -2.35. The van der Waals surface area contributed by atoms with Crippen LogP contribution in [0.1, 0.15) is 18.4 Å². The van der Waals surface area contributed by atoms with E-state index >= 15 is 0 Å². The summed E-state index contributed by atoms with van der Waals surface area (Å²) in [5.74, 6) is -1.17. The van der Waals surface area contributed by atoms with Crippen molar-refractivity contribution < 1.29 is 36.7 Å². The average Bonchev–Trinajstić information content (AvgIpc) is 3.07. The first-order valence-electron chi connectivity index (χ1n) is 8.46. The summed E-state index contributed by atoms with van der Waals surface area (Å²) < 4.78 is 67.5. The van der Waals surface area contributed by atoms with Gasteiger partial charge < -0.3 is 19.1 Å². The molecule has 1 aliphatic carbocycles. The summed E-state index contributed by atoms with van der Waals surface area (Å²) in [6.45, 7) is 0. The van der Waals surface area contributed by atoms with Crippen molar-refractivity contribution in [1.82, 2.24) is 15.1 Å². The van der Waals surface area contributed by atoms with Crippen LogP contribution in [0.5, 0.6) is 17.5 Å². The Morgan fingerprint density at radius 1 is 1.03 bits per heavy atom. The highest BCUT2D eigenvalue weighted by atomic mass is 19.4. The van der Waals surface area contributed by atoms with Gasteiger partial charge in [0.25, 0.3) is 5.88 Å². The SMILES string of the molecule is Oc1cc(-c2cnc(OC3CC(Oc4ccc(F)c(C(F)(F)F)c4)C3)cn2)on1. The molecule has 0 spiro atoms. The number of halogens is 4. The predicted octanol–water partition coefficient (Wildman–Crippen LogP) is 3.98. The fourth-order valence-corrected chi connectivity index (χ4v) is 2.76. The molecule has 152 valence electrons. The lowest BCUT2D eigenvalue weighted by Crippen LogP contribution is -2.41. The molecule has 7 nitrogen and oxygen atoms in total. The highest BCUT2D eigenvalue weighted by molar-refractivity contribution is 5.51. The lowest BCUT2D eigenvalue weighted by molar-refractivity contribution is -0.140. The van der Waals surface area contributed by atoms with Crippen LogP contribution in [0.25, 0.3) is 11.5 Å². The van der Waals surface area contributed by atoms with Crippen LogP contribution < -0.4 is 9.47 Å². The van der Waals surface area contributed by atoms with Gasteiger partial charge in [0.1, 0.15) is 29.5 Å². The van der Waals surface area contributed by atoms with Crippen LogP contribution in [0.4, 0.5) is 17.6 Å². The zero-order valence-corrected chi connectivity index (χ0v) is 14.6. The molecule has 0 saturated heterocycles. The first kappa shape index (κ1) is 19.0. The molecule has 0 aliphatic heterocycles. The van der Waals surface area contributed by atoms with Crippen molar-refractivity contribution >= 4 is 0 Å². The summed E-state index contributed by atoms with van der Waals surface area (Å²) in [5, 5.41) is 12.5. The van der Waals surface area contributed by atoms with E-state index in [4.69, 9.17) is 19.1 Å². The fourth-order valence-electron chi connectivity index (χ4n) is 2.76. The Hall–Kier alpha value is -3.37. The Bertz CT molecular complexity index is 1000. The zero-order chi connectivity index (χ0) is 20.6. The van der Waals surface area contributed by atoms with Gasteiger partial charge in [-0.3, -0.25) is 0 Å². The molecule has 3 aromatic rings. The summed E-state index contributed by atoms with van der Waals surface area (Å²) in [7, 11) is 0. The van der Waals surface area contributed by atoms with Crippen LogP contribution in [0.2, 0.25) is 0 Å². The summed E-state index contributed by atoms with van der Waals surface area (Å²) in [6.07, 6.45) is -1.76. The minimum Gasteiger partial charge on any atom is -0.491 e. The molecule has 2 aromatic heterocycles. The predicted molar refractivity (Wildman–Crippen MR) is 88.7 cm³/mol. The molecule has 1 saturated carbocycles. The van der Waals surface area contributed by atoms with Gasteiger partial charge >= 0.3 is 6.18 Å². The van der Waals surface area contributed by atoms with Crippen LogP contribution in [0.3, 0.4) is 0 Å². The molecule has 0 unspecified atom stereocenters. The average molecular weight is 411 g/mol. The van der Waals surface area contributed by atoms with E-state index in [0.717, 1.165) is 12.1 Å². The highest BCUT2D eigenvalue weighted by Gasteiger charge is 2.36. The van der Waals surface area contributed by atoms with Crippen molar-refractivity contribution in [3.63, 3.8) is 0 Å². The number of rotatable bonds is 5. The van der Waals surface area contributed by atoms with Gasteiger partial charge in [0.2, 0.25) is 5.88 Å². The Balaban J connectivity index is 1.31. The molecule has 0 bridgehead atoms. The Labute approximate surface area is 160 Å². The van der Waals surface area contributed by atoms with Crippen LogP contribution in [0.15, 0.2) is 41.2 Å². The number of alkyl halides is 3. The highest BCUT2D eigenvalue weighted by Crippen LogP contribution is 2.35. The first-order chi connectivity index (χ1) is 13.8. The maximum absolute atomic E-state index is 13.3. The third-order valence-corrected chi connectivity index (χ3v) is 4.26. The van der Waals surface area contributed by atoms with E-state index in [-0.39, 0.29) is 35.5 Å². The fraction of sp³-hybridized carbons (Fsp3) is 0.278.